The minimum atomic E-state index is -0.670. The number of ether oxygens (including phenoxy) is 3. The highest BCUT2D eigenvalue weighted by Gasteiger charge is 2.44. The number of nitrogen functional groups attached to an aromatic ring is 1. The fourth-order valence-corrected chi connectivity index (χ4v) is 9.57. The maximum absolute atomic E-state index is 17.4. The molecule has 2 aromatic heterocycles. The Morgan fingerprint density at radius 1 is 1.04 bits per heavy atom. The van der Waals surface area contributed by atoms with Gasteiger partial charge in [0.2, 0.25) is 0 Å². The van der Waals surface area contributed by atoms with Crippen LogP contribution in [0.4, 0.5) is 19.6 Å². The standard InChI is InChI=1S/C35H37F2N7O3S/c1-42-8-2-3-21(42)15-47-35-40-32-29(34(41-35)44-19-4-5-20(44)12-43(11-19)10-18-13-45-14-18)24-17-46-16-23(24)28(31(32)37)30-25(36)6-7-26-27(30)22(9-38)33(39)48-26/h6-7,18-21H,2-5,8,10-17,39H2,1H3/t19?,20?,21-/m0/s1. The van der Waals surface area contributed by atoms with E-state index in [-0.39, 0.29) is 64.6 Å². The summed E-state index contributed by atoms with van der Waals surface area (Å²) in [6.07, 6.45) is 4.13. The van der Waals surface area contributed by atoms with Crippen LogP contribution in [-0.4, -0.2) is 90.9 Å². The summed E-state index contributed by atoms with van der Waals surface area (Å²) in [5, 5.41) is 11.2. The maximum Gasteiger partial charge on any atom is 0.319 e. The van der Waals surface area contributed by atoms with Crippen molar-refractivity contribution in [3.63, 3.8) is 0 Å². The first-order chi connectivity index (χ1) is 23.4. The molecule has 0 aliphatic carbocycles. The number of nitrogens with two attached hydrogens (primary N) is 1. The Labute approximate surface area is 281 Å². The Morgan fingerprint density at radius 3 is 2.54 bits per heavy atom. The van der Waals surface area contributed by atoms with Crippen molar-refractivity contribution in [1.82, 2.24) is 19.8 Å². The quantitative estimate of drug-likeness (QED) is 0.286. The average molecular weight is 674 g/mol. The van der Waals surface area contributed by atoms with E-state index < -0.39 is 11.6 Å². The molecule has 250 valence electrons. The van der Waals surface area contributed by atoms with Crippen LogP contribution in [0.5, 0.6) is 6.01 Å². The van der Waals surface area contributed by atoms with Crippen LogP contribution in [0.15, 0.2) is 12.1 Å². The van der Waals surface area contributed by atoms with Gasteiger partial charge < -0.3 is 29.7 Å². The van der Waals surface area contributed by atoms with Crippen LogP contribution in [0.2, 0.25) is 0 Å². The van der Waals surface area contributed by atoms with Crippen molar-refractivity contribution >= 4 is 43.1 Å². The second-order valence-electron chi connectivity index (χ2n) is 13.9. The number of hydrogen-bond acceptors (Lipinski definition) is 11. The Morgan fingerprint density at radius 2 is 1.83 bits per heavy atom. The fourth-order valence-electron chi connectivity index (χ4n) is 8.64. The van der Waals surface area contributed by atoms with E-state index in [9.17, 15) is 5.26 Å². The number of anilines is 2. The van der Waals surface area contributed by atoms with Gasteiger partial charge in [-0.25, -0.2) is 8.78 Å². The van der Waals surface area contributed by atoms with Gasteiger partial charge in [-0.1, -0.05) is 0 Å². The summed E-state index contributed by atoms with van der Waals surface area (Å²) in [6, 6.07) is 5.77. The van der Waals surface area contributed by atoms with Crippen LogP contribution in [0.25, 0.3) is 32.1 Å². The summed E-state index contributed by atoms with van der Waals surface area (Å²) in [4.78, 5) is 17.0. The molecule has 0 saturated carbocycles. The minimum absolute atomic E-state index is 0.0158. The highest BCUT2D eigenvalue weighted by Crippen LogP contribution is 2.49. The van der Waals surface area contributed by atoms with E-state index >= 15 is 8.78 Å². The van der Waals surface area contributed by atoms with E-state index in [1.165, 1.54) is 17.4 Å². The van der Waals surface area contributed by atoms with Crippen LogP contribution in [0.3, 0.4) is 0 Å². The monoisotopic (exact) mass is 673 g/mol. The van der Waals surface area contributed by atoms with Gasteiger partial charge in [-0.2, -0.15) is 15.2 Å². The molecule has 5 aliphatic heterocycles. The molecule has 0 radical (unpaired) electrons. The van der Waals surface area contributed by atoms with Crippen molar-refractivity contribution in [2.75, 3.05) is 63.7 Å². The first-order valence-electron chi connectivity index (χ1n) is 16.8. The summed E-state index contributed by atoms with van der Waals surface area (Å²) >= 11 is 1.19. The largest absolute Gasteiger partial charge is 0.462 e. The third-order valence-corrected chi connectivity index (χ3v) is 12.0. The SMILES string of the molecule is CN1CCC[C@H]1COc1nc(N2C3CCC2CN(CC2COC2)C3)c2c3c(c(-c4c(F)ccc5sc(N)c(C#N)c45)c(F)c2n1)COC3. The third-order valence-electron chi connectivity index (χ3n) is 11.1. The second-order valence-corrected chi connectivity index (χ2v) is 15.0. The Balaban J connectivity index is 1.23. The normalized spacial score (nSPS) is 24.5. The van der Waals surface area contributed by atoms with E-state index in [4.69, 9.17) is 29.9 Å². The van der Waals surface area contributed by atoms with Crippen molar-refractivity contribution in [2.45, 2.75) is 57.0 Å². The number of benzene rings is 2. The fraction of sp³-hybridized carbons (Fsp3) is 0.514. The number of halogens is 2. The molecule has 2 N–H and O–H groups in total. The Hall–Kier alpha value is -3.67. The van der Waals surface area contributed by atoms with Gasteiger partial charge in [-0.15, -0.1) is 11.3 Å². The number of piperazine rings is 1. The lowest BCUT2D eigenvalue weighted by Gasteiger charge is -2.44. The number of aromatic nitrogens is 2. The van der Waals surface area contributed by atoms with Gasteiger partial charge >= 0.3 is 6.01 Å². The highest BCUT2D eigenvalue weighted by atomic mass is 32.1. The molecule has 3 atom stereocenters. The van der Waals surface area contributed by atoms with Crippen molar-refractivity contribution < 1.29 is 23.0 Å². The number of likely N-dealkylation sites (tertiary alicyclic amines) is 2. The summed E-state index contributed by atoms with van der Waals surface area (Å²) < 4.78 is 51.8. The zero-order chi connectivity index (χ0) is 32.7. The average Bonchev–Trinajstić information content (AvgIpc) is 3.83. The van der Waals surface area contributed by atoms with Crippen LogP contribution >= 0.6 is 11.3 Å². The van der Waals surface area contributed by atoms with Crippen LogP contribution < -0.4 is 15.4 Å². The molecule has 10 nitrogen and oxygen atoms in total. The molecule has 48 heavy (non-hydrogen) atoms. The molecular formula is C35H37F2N7O3S. The molecule has 9 rings (SSSR count). The van der Waals surface area contributed by atoms with E-state index in [2.05, 4.69) is 27.8 Å². The van der Waals surface area contributed by atoms with Gasteiger partial charge in [0.25, 0.3) is 0 Å². The predicted octanol–water partition coefficient (Wildman–Crippen LogP) is 5.05. The number of thiophene rings is 1. The van der Waals surface area contributed by atoms with Crippen molar-refractivity contribution in [1.29, 1.82) is 5.26 Å². The zero-order valence-electron chi connectivity index (χ0n) is 26.8. The van der Waals surface area contributed by atoms with Gasteiger partial charge in [0.05, 0.1) is 37.4 Å². The first kappa shape index (κ1) is 30.4. The lowest BCUT2D eigenvalue weighted by atomic mass is 9.90. The van der Waals surface area contributed by atoms with Crippen LogP contribution in [0, 0.1) is 28.9 Å². The van der Waals surface area contributed by atoms with E-state index in [1.54, 1.807) is 6.07 Å². The van der Waals surface area contributed by atoms with Gasteiger partial charge in [-0.3, -0.25) is 4.90 Å². The van der Waals surface area contributed by atoms with Gasteiger partial charge in [-0.05, 0) is 62.5 Å². The minimum Gasteiger partial charge on any atom is -0.462 e. The zero-order valence-corrected chi connectivity index (χ0v) is 27.6. The number of nitriles is 1. The van der Waals surface area contributed by atoms with E-state index in [1.807, 2.05) is 0 Å². The predicted molar refractivity (Wildman–Crippen MR) is 179 cm³/mol. The third kappa shape index (κ3) is 4.75. The lowest BCUT2D eigenvalue weighted by Crippen LogP contribution is -2.56. The molecule has 2 aromatic carbocycles. The Kier molecular flexibility index (Phi) is 7.43. The number of nitrogens with zero attached hydrogens (tertiary/aromatic N) is 6. The van der Waals surface area contributed by atoms with Crippen molar-refractivity contribution in [3.05, 3.63) is 40.5 Å². The molecular weight excluding hydrogens is 636 g/mol. The maximum atomic E-state index is 17.4. The first-order valence-corrected chi connectivity index (χ1v) is 17.7. The van der Waals surface area contributed by atoms with Gasteiger partial charge in [0.1, 0.15) is 34.8 Å². The molecule has 7 heterocycles. The summed E-state index contributed by atoms with van der Waals surface area (Å²) in [6.45, 7) is 6.15. The number of hydrogen-bond donors (Lipinski definition) is 1. The van der Waals surface area contributed by atoms with Crippen LogP contribution in [0.1, 0.15) is 42.4 Å². The number of fused-ring (bicyclic) bond motifs is 6. The van der Waals surface area contributed by atoms with Gasteiger partial charge in [0, 0.05) is 64.9 Å². The molecule has 0 amide bonds. The summed E-state index contributed by atoms with van der Waals surface area (Å²) in [5.74, 6) is -0.0679. The lowest BCUT2D eigenvalue weighted by molar-refractivity contribution is -0.0484. The second kappa shape index (κ2) is 11.7. The molecule has 2 unspecified atom stereocenters. The van der Waals surface area contributed by atoms with Gasteiger partial charge in [0.15, 0.2) is 5.82 Å². The molecule has 4 fully saturated rings. The van der Waals surface area contributed by atoms with Crippen molar-refractivity contribution in [2.24, 2.45) is 5.92 Å². The van der Waals surface area contributed by atoms with Crippen LogP contribution in [-0.2, 0) is 22.7 Å². The van der Waals surface area contributed by atoms with Crippen molar-refractivity contribution in [3.8, 4) is 23.2 Å². The molecule has 5 aliphatic rings. The molecule has 2 bridgehead atoms. The molecule has 4 aromatic rings. The number of likely N-dealkylation sites (N-methyl/N-ethyl adjacent to an activating group) is 1. The molecule has 13 heteroatoms. The molecule has 4 saturated heterocycles. The topological polar surface area (TPSA) is 113 Å². The number of rotatable bonds is 7. The highest BCUT2D eigenvalue weighted by molar-refractivity contribution is 7.23. The smallest absolute Gasteiger partial charge is 0.319 e. The summed E-state index contributed by atoms with van der Waals surface area (Å²) in [5.41, 5.74) is 7.82. The van der Waals surface area contributed by atoms with E-state index in [0.717, 1.165) is 70.6 Å². The summed E-state index contributed by atoms with van der Waals surface area (Å²) in [7, 11) is 2.08. The Bertz CT molecular complexity index is 1980. The van der Waals surface area contributed by atoms with E-state index in [0.29, 0.717) is 39.4 Å². The molecule has 0 spiro atoms.